The zero-order valence-corrected chi connectivity index (χ0v) is 21.0. The van der Waals surface area contributed by atoms with Crippen LogP contribution >= 0.6 is 0 Å². The molecule has 2 unspecified atom stereocenters. The Hall–Kier alpha value is -3.36. The SMILES string of the molecule is Nc1nc(OCC2CC3CC3C2)nc2c1C(=O)N(c1ccc(C3CCC(CC(=O)O)CC3)cc1)CCO2. The number of fused-ring (bicyclic) bond motifs is 2. The van der Waals surface area contributed by atoms with Crippen molar-refractivity contribution in [2.45, 2.75) is 57.3 Å². The number of anilines is 2. The minimum Gasteiger partial charge on any atom is -0.481 e. The summed E-state index contributed by atoms with van der Waals surface area (Å²) in [7, 11) is 0. The van der Waals surface area contributed by atoms with Gasteiger partial charge in [-0.25, -0.2) is 0 Å². The zero-order chi connectivity index (χ0) is 25.5. The average Bonchev–Trinajstić information content (AvgIpc) is 3.54. The third kappa shape index (κ3) is 5.08. The highest BCUT2D eigenvalue weighted by molar-refractivity contribution is 6.10. The molecule has 37 heavy (non-hydrogen) atoms. The van der Waals surface area contributed by atoms with Crippen LogP contribution in [0.4, 0.5) is 11.5 Å². The Morgan fingerprint density at radius 2 is 1.78 bits per heavy atom. The topological polar surface area (TPSA) is 128 Å². The normalized spacial score (nSPS) is 28.6. The number of carboxylic acids is 1. The number of rotatable bonds is 7. The molecule has 1 aromatic heterocycles. The Balaban J connectivity index is 1.12. The van der Waals surface area contributed by atoms with Gasteiger partial charge < -0.3 is 25.2 Å². The van der Waals surface area contributed by atoms with E-state index in [1.807, 2.05) is 12.1 Å². The molecule has 1 aliphatic heterocycles. The molecule has 3 fully saturated rings. The van der Waals surface area contributed by atoms with Crippen molar-refractivity contribution < 1.29 is 24.2 Å². The fourth-order valence-corrected chi connectivity index (χ4v) is 6.56. The molecule has 1 amide bonds. The summed E-state index contributed by atoms with van der Waals surface area (Å²) >= 11 is 0. The first kappa shape index (κ1) is 24.0. The van der Waals surface area contributed by atoms with E-state index in [1.54, 1.807) is 4.90 Å². The molecule has 3 N–H and O–H groups in total. The Morgan fingerprint density at radius 1 is 1.05 bits per heavy atom. The second-order valence-electron chi connectivity index (χ2n) is 11.2. The molecular weight excluding hydrogens is 472 g/mol. The van der Waals surface area contributed by atoms with Gasteiger partial charge in [-0.15, -0.1) is 0 Å². The van der Waals surface area contributed by atoms with Crippen molar-refractivity contribution in [3.05, 3.63) is 35.4 Å². The van der Waals surface area contributed by atoms with Crippen LogP contribution in [-0.2, 0) is 4.79 Å². The van der Waals surface area contributed by atoms with E-state index in [0.717, 1.165) is 43.2 Å². The monoisotopic (exact) mass is 506 g/mol. The number of aliphatic carboxylic acids is 1. The van der Waals surface area contributed by atoms with E-state index in [2.05, 4.69) is 22.1 Å². The van der Waals surface area contributed by atoms with Gasteiger partial charge in [-0.05, 0) is 92.2 Å². The van der Waals surface area contributed by atoms with E-state index in [4.69, 9.17) is 20.3 Å². The molecule has 2 heterocycles. The lowest BCUT2D eigenvalue weighted by Crippen LogP contribution is -2.32. The van der Waals surface area contributed by atoms with Crippen LogP contribution in [0.15, 0.2) is 24.3 Å². The minimum atomic E-state index is -0.712. The molecule has 0 saturated heterocycles. The molecule has 3 saturated carbocycles. The number of ether oxygens (including phenoxy) is 2. The van der Waals surface area contributed by atoms with Gasteiger partial charge in [0.05, 0.1) is 13.2 Å². The van der Waals surface area contributed by atoms with Gasteiger partial charge in [-0.3, -0.25) is 9.59 Å². The number of carboxylic acid groups (broad SMARTS) is 1. The van der Waals surface area contributed by atoms with Crippen molar-refractivity contribution in [2.75, 3.05) is 30.4 Å². The van der Waals surface area contributed by atoms with Crippen molar-refractivity contribution in [2.24, 2.45) is 23.7 Å². The molecule has 4 aliphatic rings. The summed E-state index contributed by atoms with van der Waals surface area (Å²) in [4.78, 5) is 34.8. The first-order chi connectivity index (χ1) is 17.9. The smallest absolute Gasteiger partial charge is 0.321 e. The van der Waals surface area contributed by atoms with E-state index in [-0.39, 0.29) is 48.1 Å². The van der Waals surface area contributed by atoms with E-state index in [0.29, 0.717) is 25.0 Å². The standard InChI is InChI=1S/C28H34N4O5/c29-25-24-26(31-28(30-25)37-15-17-11-20-14-21(20)12-17)36-10-9-32(27(24)35)22-7-5-19(6-8-22)18-3-1-16(2-4-18)13-23(33)34/h5-8,16-18,20-21H,1-4,9-15H2,(H,33,34)(H2,29,30,31). The molecule has 0 bridgehead atoms. The molecule has 1 aromatic carbocycles. The lowest BCUT2D eigenvalue weighted by atomic mass is 9.77. The van der Waals surface area contributed by atoms with Gasteiger partial charge in [0.15, 0.2) is 0 Å². The number of benzene rings is 1. The lowest BCUT2D eigenvalue weighted by Gasteiger charge is -2.28. The maximum atomic E-state index is 13.5. The molecule has 2 aromatic rings. The van der Waals surface area contributed by atoms with Crippen molar-refractivity contribution in [1.29, 1.82) is 0 Å². The Morgan fingerprint density at radius 3 is 2.49 bits per heavy atom. The molecule has 196 valence electrons. The summed E-state index contributed by atoms with van der Waals surface area (Å²) in [5.41, 5.74) is 8.39. The second kappa shape index (κ2) is 9.84. The van der Waals surface area contributed by atoms with Crippen LogP contribution < -0.4 is 20.1 Å². The van der Waals surface area contributed by atoms with Crippen molar-refractivity contribution in [1.82, 2.24) is 9.97 Å². The lowest BCUT2D eigenvalue weighted by molar-refractivity contribution is -0.138. The van der Waals surface area contributed by atoms with Crippen molar-refractivity contribution in [3.63, 3.8) is 0 Å². The number of hydrogen-bond acceptors (Lipinski definition) is 7. The summed E-state index contributed by atoms with van der Waals surface area (Å²) in [6, 6.07) is 8.23. The molecular formula is C28H34N4O5. The Labute approximate surface area is 216 Å². The quantitative estimate of drug-likeness (QED) is 0.570. The maximum absolute atomic E-state index is 13.5. The van der Waals surface area contributed by atoms with Crippen LogP contribution in [0.2, 0.25) is 0 Å². The van der Waals surface area contributed by atoms with Crippen LogP contribution in [-0.4, -0.2) is 46.7 Å². The van der Waals surface area contributed by atoms with Crippen molar-refractivity contribution in [3.8, 4) is 11.9 Å². The van der Waals surface area contributed by atoms with Crippen LogP contribution in [0.3, 0.4) is 0 Å². The highest BCUT2D eigenvalue weighted by Gasteiger charge is 2.46. The van der Waals surface area contributed by atoms with Gasteiger partial charge in [-0.1, -0.05) is 12.1 Å². The maximum Gasteiger partial charge on any atom is 0.321 e. The molecule has 0 radical (unpaired) electrons. The van der Waals surface area contributed by atoms with E-state index >= 15 is 0 Å². The minimum absolute atomic E-state index is 0.0703. The number of carbonyl (C=O) groups excluding carboxylic acids is 1. The van der Waals surface area contributed by atoms with Gasteiger partial charge in [0, 0.05) is 12.1 Å². The number of hydrogen-bond donors (Lipinski definition) is 2. The van der Waals surface area contributed by atoms with Gasteiger partial charge in [0.2, 0.25) is 5.88 Å². The fraction of sp³-hybridized carbons (Fsp3) is 0.571. The molecule has 0 spiro atoms. The molecule has 3 aliphatic carbocycles. The number of carbonyl (C=O) groups is 2. The average molecular weight is 507 g/mol. The molecule has 9 heteroatoms. The fourth-order valence-electron chi connectivity index (χ4n) is 6.56. The summed E-state index contributed by atoms with van der Waals surface area (Å²) < 4.78 is 11.7. The predicted molar refractivity (Wildman–Crippen MR) is 137 cm³/mol. The van der Waals surface area contributed by atoms with Crippen LogP contribution in [0.1, 0.15) is 73.2 Å². The van der Waals surface area contributed by atoms with Crippen LogP contribution in [0.5, 0.6) is 11.9 Å². The Bertz CT molecular complexity index is 1170. The molecule has 6 rings (SSSR count). The number of aromatic nitrogens is 2. The van der Waals surface area contributed by atoms with Crippen LogP contribution in [0.25, 0.3) is 0 Å². The summed E-state index contributed by atoms with van der Waals surface area (Å²) in [5.74, 6) is 2.24. The van der Waals surface area contributed by atoms with Gasteiger partial charge in [-0.2, -0.15) is 9.97 Å². The van der Waals surface area contributed by atoms with Gasteiger partial charge in [0.1, 0.15) is 18.0 Å². The highest BCUT2D eigenvalue weighted by Crippen LogP contribution is 2.54. The van der Waals surface area contributed by atoms with E-state index in [1.165, 1.54) is 24.8 Å². The number of nitrogen functional groups attached to an aromatic ring is 1. The Kier molecular flexibility index (Phi) is 6.38. The summed E-state index contributed by atoms with van der Waals surface area (Å²) in [6.45, 7) is 1.23. The highest BCUT2D eigenvalue weighted by atomic mass is 16.5. The third-order valence-electron chi connectivity index (χ3n) is 8.67. The van der Waals surface area contributed by atoms with Gasteiger partial charge >= 0.3 is 12.0 Å². The molecule has 9 nitrogen and oxygen atoms in total. The van der Waals surface area contributed by atoms with Crippen molar-refractivity contribution >= 4 is 23.4 Å². The van der Waals surface area contributed by atoms with Crippen LogP contribution in [0, 0.1) is 23.7 Å². The first-order valence-corrected chi connectivity index (χ1v) is 13.5. The zero-order valence-electron chi connectivity index (χ0n) is 21.0. The first-order valence-electron chi connectivity index (χ1n) is 13.5. The second-order valence-corrected chi connectivity index (χ2v) is 11.2. The molecule has 2 atom stereocenters. The summed E-state index contributed by atoms with van der Waals surface area (Å²) in [6.07, 6.45) is 7.88. The van der Waals surface area contributed by atoms with E-state index in [9.17, 15) is 9.59 Å². The number of amides is 1. The van der Waals surface area contributed by atoms with E-state index < -0.39 is 5.97 Å². The number of nitrogens with zero attached hydrogens (tertiary/aromatic N) is 3. The summed E-state index contributed by atoms with van der Waals surface area (Å²) in [5, 5.41) is 9.05. The third-order valence-corrected chi connectivity index (χ3v) is 8.67. The number of nitrogens with two attached hydrogens (primary N) is 1. The largest absolute Gasteiger partial charge is 0.481 e. The van der Waals surface area contributed by atoms with Gasteiger partial charge in [0.25, 0.3) is 5.91 Å². The predicted octanol–water partition coefficient (Wildman–Crippen LogP) is 4.27.